The Morgan fingerprint density at radius 2 is 2.23 bits per heavy atom. The third-order valence-electron chi connectivity index (χ3n) is 2.94. The highest BCUT2D eigenvalue weighted by Crippen LogP contribution is 2.35. The maximum absolute atomic E-state index is 11.6. The number of anilines is 1. The summed E-state index contributed by atoms with van der Waals surface area (Å²) in [5, 5.41) is 0. The average Bonchev–Trinajstić information content (AvgIpc) is 2.47. The Labute approximate surface area is 77.2 Å². The largest absolute Gasteiger partial charge is 0.363 e. The third kappa shape index (κ3) is 0.857. The highest BCUT2D eigenvalue weighted by molar-refractivity contribution is 6.09. The number of aryl methyl sites for hydroxylation is 1. The van der Waals surface area contributed by atoms with Crippen molar-refractivity contribution in [3.8, 4) is 0 Å². The lowest BCUT2D eigenvalue weighted by atomic mass is 10.0. The number of carbonyl (C=O) groups is 1. The number of ketones is 1. The third-order valence-corrected chi connectivity index (χ3v) is 2.94. The molecule has 13 heavy (non-hydrogen) atoms. The molecular weight excluding hydrogens is 162 g/mol. The van der Waals surface area contributed by atoms with E-state index in [4.69, 9.17) is 0 Å². The van der Waals surface area contributed by atoms with Gasteiger partial charge in [0.05, 0.1) is 12.2 Å². The van der Waals surface area contributed by atoms with Crippen LogP contribution in [0.4, 0.5) is 5.69 Å². The van der Waals surface area contributed by atoms with E-state index < -0.39 is 0 Å². The smallest absolute Gasteiger partial charge is 0.184 e. The number of rotatable bonds is 0. The molecule has 2 heterocycles. The molecule has 0 aliphatic carbocycles. The summed E-state index contributed by atoms with van der Waals surface area (Å²) in [5.41, 5.74) is 3.52. The van der Waals surface area contributed by atoms with E-state index in [0.717, 1.165) is 18.5 Å². The minimum Gasteiger partial charge on any atom is -0.363 e. The zero-order valence-electron chi connectivity index (χ0n) is 7.42. The van der Waals surface area contributed by atoms with Crippen LogP contribution < -0.4 is 4.90 Å². The van der Waals surface area contributed by atoms with Gasteiger partial charge < -0.3 is 4.90 Å². The highest BCUT2D eigenvalue weighted by Gasteiger charge is 2.30. The molecule has 1 aromatic carbocycles. The van der Waals surface area contributed by atoms with Crippen LogP contribution in [0.15, 0.2) is 18.2 Å². The van der Waals surface area contributed by atoms with Crippen LogP contribution in [0, 0.1) is 0 Å². The van der Waals surface area contributed by atoms with Gasteiger partial charge >= 0.3 is 0 Å². The van der Waals surface area contributed by atoms with E-state index in [2.05, 4.69) is 11.0 Å². The van der Waals surface area contributed by atoms with Crippen molar-refractivity contribution in [3.63, 3.8) is 0 Å². The zero-order valence-corrected chi connectivity index (χ0v) is 7.42. The molecule has 0 bridgehead atoms. The van der Waals surface area contributed by atoms with Gasteiger partial charge in [-0.2, -0.15) is 0 Å². The lowest BCUT2D eigenvalue weighted by Crippen LogP contribution is -2.27. The summed E-state index contributed by atoms with van der Waals surface area (Å²) in [6.45, 7) is 1.65. The van der Waals surface area contributed by atoms with E-state index >= 15 is 0 Å². The molecule has 0 saturated heterocycles. The van der Waals surface area contributed by atoms with E-state index in [-0.39, 0.29) is 0 Å². The highest BCUT2D eigenvalue weighted by atomic mass is 16.1. The second kappa shape index (κ2) is 2.34. The fraction of sp³-hybridized carbons (Fsp3) is 0.364. The predicted octanol–water partition coefficient (Wildman–Crippen LogP) is 1.64. The number of para-hydroxylation sites is 1. The van der Waals surface area contributed by atoms with Crippen LogP contribution in [0.25, 0.3) is 0 Å². The first-order valence-corrected chi connectivity index (χ1v) is 4.76. The molecule has 0 fully saturated rings. The summed E-state index contributed by atoms with van der Waals surface area (Å²) in [6, 6.07) is 6.09. The molecule has 0 N–H and O–H groups in total. The summed E-state index contributed by atoms with van der Waals surface area (Å²) < 4.78 is 0. The molecule has 0 spiro atoms. The van der Waals surface area contributed by atoms with Crippen LogP contribution in [0.2, 0.25) is 0 Å². The number of Topliss-reactive ketones (excluding diaryl/α,β-unsaturated/α-hetero) is 1. The number of benzene rings is 1. The van der Waals surface area contributed by atoms with Gasteiger partial charge in [0.2, 0.25) is 0 Å². The van der Waals surface area contributed by atoms with Crippen molar-refractivity contribution >= 4 is 11.5 Å². The number of nitrogens with zero attached hydrogens (tertiary/aromatic N) is 1. The normalized spacial score (nSPS) is 19.1. The van der Waals surface area contributed by atoms with Gasteiger partial charge in [0, 0.05) is 12.1 Å². The molecule has 0 saturated carbocycles. The molecule has 1 aromatic rings. The SMILES string of the molecule is O=C1CN2CCCc3cccc1c32. The van der Waals surface area contributed by atoms with Gasteiger partial charge in [0.1, 0.15) is 0 Å². The molecule has 66 valence electrons. The second-order valence-electron chi connectivity index (χ2n) is 3.76. The van der Waals surface area contributed by atoms with Gasteiger partial charge in [0.15, 0.2) is 5.78 Å². The van der Waals surface area contributed by atoms with E-state index in [0.29, 0.717) is 12.3 Å². The van der Waals surface area contributed by atoms with Crippen molar-refractivity contribution in [3.05, 3.63) is 29.3 Å². The summed E-state index contributed by atoms with van der Waals surface area (Å²) in [7, 11) is 0. The molecule has 2 nitrogen and oxygen atoms in total. The van der Waals surface area contributed by atoms with Crippen LogP contribution in [0.3, 0.4) is 0 Å². The standard InChI is InChI=1S/C11H11NO/c13-10-7-12-6-2-4-8-3-1-5-9(10)11(8)12/h1,3,5H,2,4,6-7H2. The molecule has 2 aliphatic heterocycles. The Morgan fingerprint density at radius 1 is 1.31 bits per heavy atom. The van der Waals surface area contributed by atoms with Gasteiger partial charge in [-0.1, -0.05) is 12.1 Å². The van der Waals surface area contributed by atoms with Crippen LogP contribution in [-0.4, -0.2) is 18.9 Å². The number of carbonyl (C=O) groups excluding carboxylic acids is 1. The Bertz CT molecular complexity index is 384. The quantitative estimate of drug-likeness (QED) is 0.594. The first-order chi connectivity index (χ1) is 6.36. The van der Waals surface area contributed by atoms with Gasteiger partial charge in [-0.05, 0) is 24.5 Å². The van der Waals surface area contributed by atoms with Crippen molar-refractivity contribution in [1.29, 1.82) is 0 Å². The van der Waals surface area contributed by atoms with Crippen molar-refractivity contribution in [2.75, 3.05) is 18.0 Å². The topological polar surface area (TPSA) is 20.3 Å². The molecule has 0 atom stereocenters. The molecule has 2 aliphatic rings. The summed E-state index contributed by atoms with van der Waals surface area (Å²) in [5.74, 6) is 0.291. The zero-order chi connectivity index (χ0) is 8.84. The van der Waals surface area contributed by atoms with E-state index in [9.17, 15) is 4.79 Å². The maximum Gasteiger partial charge on any atom is 0.184 e. The average molecular weight is 173 g/mol. The fourth-order valence-electron chi connectivity index (χ4n) is 2.38. The lowest BCUT2D eigenvalue weighted by Gasteiger charge is -2.25. The van der Waals surface area contributed by atoms with Crippen LogP contribution >= 0.6 is 0 Å². The van der Waals surface area contributed by atoms with Gasteiger partial charge in [0.25, 0.3) is 0 Å². The molecule has 0 amide bonds. The molecule has 0 aromatic heterocycles. The van der Waals surface area contributed by atoms with Crippen molar-refractivity contribution in [2.45, 2.75) is 12.8 Å². The molecule has 3 rings (SSSR count). The molecule has 0 unspecified atom stereocenters. The van der Waals surface area contributed by atoms with Gasteiger partial charge in [-0.15, -0.1) is 0 Å². The lowest BCUT2D eigenvalue weighted by molar-refractivity contribution is 0.101. The predicted molar refractivity (Wildman–Crippen MR) is 51.3 cm³/mol. The summed E-state index contributed by atoms with van der Waals surface area (Å²) in [6.07, 6.45) is 2.32. The number of hydrogen-bond acceptors (Lipinski definition) is 2. The van der Waals surface area contributed by atoms with Gasteiger partial charge in [-0.25, -0.2) is 0 Å². The van der Waals surface area contributed by atoms with Crippen LogP contribution in [-0.2, 0) is 6.42 Å². The number of hydrogen-bond donors (Lipinski definition) is 0. The molecule has 0 radical (unpaired) electrons. The van der Waals surface area contributed by atoms with Crippen LogP contribution in [0.5, 0.6) is 0 Å². The minimum atomic E-state index is 0.291. The Balaban J connectivity index is 2.28. The van der Waals surface area contributed by atoms with Crippen molar-refractivity contribution < 1.29 is 4.79 Å². The van der Waals surface area contributed by atoms with E-state index in [1.807, 2.05) is 12.1 Å². The molecular formula is C11H11NO. The van der Waals surface area contributed by atoms with Crippen molar-refractivity contribution in [1.82, 2.24) is 0 Å². The Morgan fingerprint density at radius 3 is 3.15 bits per heavy atom. The summed E-state index contributed by atoms with van der Waals surface area (Å²) in [4.78, 5) is 13.8. The maximum atomic E-state index is 11.6. The fourth-order valence-corrected chi connectivity index (χ4v) is 2.38. The first kappa shape index (κ1) is 7.13. The molecule has 2 heteroatoms. The second-order valence-corrected chi connectivity index (χ2v) is 3.76. The van der Waals surface area contributed by atoms with E-state index in [1.165, 1.54) is 17.7 Å². The van der Waals surface area contributed by atoms with Crippen LogP contribution in [0.1, 0.15) is 22.3 Å². The van der Waals surface area contributed by atoms with E-state index in [1.54, 1.807) is 0 Å². The summed E-state index contributed by atoms with van der Waals surface area (Å²) >= 11 is 0. The monoisotopic (exact) mass is 173 g/mol. The van der Waals surface area contributed by atoms with Gasteiger partial charge in [-0.3, -0.25) is 4.79 Å². The Hall–Kier alpha value is -1.31. The van der Waals surface area contributed by atoms with Crippen molar-refractivity contribution in [2.24, 2.45) is 0 Å². The minimum absolute atomic E-state index is 0.291. The Kier molecular flexibility index (Phi) is 1.29. The first-order valence-electron chi connectivity index (χ1n) is 4.76.